The first-order chi connectivity index (χ1) is 8.10. The molecule has 1 aromatic rings. The predicted octanol–water partition coefficient (Wildman–Crippen LogP) is 3.20. The second kappa shape index (κ2) is 5.55. The third kappa shape index (κ3) is 3.12. The van der Waals surface area contributed by atoms with Gasteiger partial charge in [0, 0.05) is 29.3 Å². The summed E-state index contributed by atoms with van der Waals surface area (Å²) < 4.78 is 6.69. The third-order valence-corrected chi connectivity index (χ3v) is 3.49. The van der Waals surface area contributed by atoms with E-state index in [0.717, 1.165) is 28.9 Å². The number of halogens is 2. The molecule has 2 heterocycles. The van der Waals surface area contributed by atoms with Crippen molar-refractivity contribution in [3.05, 3.63) is 22.3 Å². The van der Waals surface area contributed by atoms with E-state index in [9.17, 15) is 0 Å². The molecule has 0 aromatic carbocycles. The van der Waals surface area contributed by atoms with Gasteiger partial charge < -0.3 is 9.64 Å². The molecule has 1 aromatic heterocycles. The van der Waals surface area contributed by atoms with E-state index < -0.39 is 0 Å². The van der Waals surface area contributed by atoms with Crippen LogP contribution in [0.25, 0.3) is 0 Å². The fraction of sp³-hybridized carbons (Fsp3) is 0.583. The maximum atomic E-state index is 5.98. The second-order valence-electron chi connectivity index (χ2n) is 4.43. The molecule has 0 unspecified atom stereocenters. The van der Waals surface area contributed by atoms with E-state index in [4.69, 9.17) is 16.3 Å². The quantitative estimate of drug-likeness (QED) is 0.783. The highest BCUT2D eigenvalue weighted by Crippen LogP contribution is 2.25. The van der Waals surface area contributed by atoms with Gasteiger partial charge in [-0.15, -0.1) is 11.6 Å². The molecule has 0 N–H and O–H groups in total. The Balaban J connectivity index is 2.26. The molecule has 5 heteroatoms. The molecule has 17 heavy (non-hydrogen) atoms. The number of anilines is 1. The van der Waals surface area contributed by atoms with E-state index >= 15 is 0 Å². The molecule has 1 aliphatic rings. The van der Waals surface area contributed by atoms with Crippen LogP contribution >= 0.6 is 27.5 Å². The third-order valence-electron chi connectivity index (χ3n) is 2.77. The van der Waals surface area contributed by atoms with Crippen LogP contribution < -0.4 is 4.90 Å². The van der Waals surface area contributed by atoms with Gasteiger partial charge in [0.2, 0.25) is 0 Å². The van der Waals surface area contributed by atoms with Crippen LogP contribution in [-0.2, 0) is 10.6 Å². The van der Waals surface area contributed by atoms with Gasteiger partial charge in [0.1, 0.15) is 5.82 Å². The van der Waals surface area contributed by atoms with E-state index in [1.165, 1.54) is 0 Å². The lowest BCUT2D eigenvalue weighted by molar-refractivity contribution is -0.00549. The number of alkyl halides is 1. The van der Waals surface area contributed by atoms with Crippen molar-refractivity contribution in [2.75, 3.05) is 18.0 Å². The Morgan fingerprint density at radius 3 is 2.71 bits per heavy atom. The molecule has 0 radical (unpaired) electrons. The summed E-state index contributed by atoms with van der Waals surface area (Å²) in [6.45, 7) is 5.90. The molecule has 3 nitrogen and oxygen atoms in total. The topological polar surface area (TPSA) is 25.4 Å². The molecule has 0 saturated carbocycles. The Labute approximate surface area is 115 Å². The number of morpholine rings is 1. The number of hydrogen-bond donors (Lipinski definition) is 0. The summed E-state index contributed by atoms with van der Waals surface area (Å²) in [5.41, 5.74) is 1.06. The standard InChI is InChI=1S/C12H16BrClN2O/c1-8-6-16(7-9(2)17-8)12-10(4-14)3-11(13)5-15-12/h3,5,8-9H,4,6-7H2,1-2H3/t8-,9+. The molecule has 0 spiro atoms. The minimum Gasteiger partial charge on any atom is -0.372 e. The van der Waals surface area contributed by atoms with Gasteiger partial charge in [-0.3, -0.25) is 0 Å². The molecular formula is C12H16BrClN2O. The lowest BCUT2D eigenvalue weighted by Gasteiger charge is -2.36. The van der Waals surface area contributed by atoms with Crippen molar-refractivity contribution >= 4 is 33.3 Å². The number of pyridine rings is 1. The largest absolute Gasteiger partial charge is 0.372 e. The highest BCUT2D eigenvalue weighted by atomic mass is 79.9. The molecule has 1 saturated heterocycles. The van der Waals surface area contributed by atoms with E-state index in [2.05, 4.69) is 39.7 Å². The summed E-state index contributed by atoms with van der Waals surface area (Å²) in [5.74, 6) is 1.45. The van der Waals surface area contributed by atoms with Crippen molar-refractivity contribution in [1.82, 2.24) is 4.98 Å². The van der Waals surface area contributed by atoms with Gasteiger partial charge in [0.15, 0.2) is 0 Å². The molecule has 1 fully saturated rings. The van der Waals surface area contributed by atoms with Gasteiger partial charge in [-0.25, -0.2) is 4.98 Å². The number of aromatic nitrogens is 1. The summed E-state index contributed by atoms with van der Waals surface area (Å²) in [7, 11) is 0. The van der Waals surface area contributed by atoms with Crippen LogP contribution in [0.15, 0.2) is 16.7 Å². The van der Waals surface area contributed by atoms with Gasteiger partial charge in [-0.05, 0) is 35.8 Å². The predicted molar refractivity (Wildman–Crippen MR) is 73.7 cm³/mol. The highest BCUT2D eigenvalue weighted by Gasteiger charge is 2.24. The van der Waals surface area contributed by atoms with Crippen molar-refractivity contribution in [2.24, 2.45) is 0 Å². The SMILES string of the molecule is C[C@@H]1CN(c2ncc(Br)cc2CCl)C[C@H](C)O1. The first-order valence-electron chi connectivity index (χ1n) is 5.71. The molecule has 2 rings (SSSR count). The Hall–Kier alpha value is -0.320. The van der Waals surface area contributed by atoms with Crippen LogP contribution in [-0.4, -0.2) is 30.3 Å². The maximum absolute atomic E-state index is 5.98. The van der Waals surface area contributed by atoms with Crippen LogP contribution in [0.5, 0.6) is 0 Å². The molecule has 0 amide bonds. The van der Waals surface area contributed by atoms with Crippen LogP contribution in [0.4, 0.5) is 5.82 Å². The average molecular weight is 320 g/mol. The van der Waals surface area contributed by atoms with Crippen LogP contribution in [0, 0.1) is 0 Å². The first kappa shape index (κ1) is 13.1. The average Bonchev–Trinajstić information content (AvgIpc) is 2.27. The van der Waals surface area contributed by atoms with E-state index in [1.54, 1.807) is 0 Å². The summed E-state index contributed by atoms with van der Waals surface area (Å²) >= 11 is 9.40. The molecule has 94 valence electrons. The summed E-state index contributed by atoms with van der Waals surface area (Å²) in [5, 5.41) is 0. The Morgan fingerprint density at radius 1 is 1.47 bits per heavy atom. The highest BCUT2D eigenvalue weighted by molar-refractivity contribution is 9.10. The number of nitrogens with zero attached hydrogens (tertiary/aromatic N) is 2. The van der Waals surface area contributed by atoms with E-state index in [1.807, 2.05) is 12.3 Å². The summed E-state index contributed by atoms with van der Waals surface area (Å²) in [6, 6.07) is 2.03. The van der Waals surface area contributed by atoms with Crippen LogP contribution in [0.3, 0.4) is 0 Å². The van der Waals surface area contributed by atoms with Gasteiger partial charge in [0.25, 0.3) is 0 Å². The number of ether oxygens (including phenoxy) is 1. The molecule has 0 aliphatic carbocycles. The van der Waals surface area contributed by atoms with E-state index in [-0.39, 0.29) is 12.2 Å². The van der Waals surface area contributed by atoms with Gasteiger partial charge >= 0.3 is 0 Å². The smallest absolute Gasteiger partial charge is 0.133 e. The lowest BCUT2D eigenvalue weighted by Crippen LogP contribution is -2.46. The summed E-state index contributed by atoms with van der Waals surface area (Å²) in [6.07, 6.45) is 2.27. The van der Waals surface area contributed by atoms with Gasteiger partial charge in [-0.2, -0.15) is 0 Å². The monoisotopic (exact) mass is 318 g/mol. The molecular weight excluding hydrogens is 304 g/mol. The number of hydrogen-bond acceptors (Lipinski definition) is 3. The second-order valence-corrected chi connectivity index (χ2v) is 5.62. The minimum absolute atomic E-state index is 0.229. The summed E-state index contributed by atoms with van der Waals surface area (Å²) in [4.78, 5) is 6.73. The van der Waals surface area contributed by atoms with Gasteiger partial charge in [-0.1, -0.05) is 0 Å². The Morgan fingerprint density at radius 2 is 2.12 bits per heavy atom. The fourth-order valence-electron chi connectivity index (χ4n) is 2.21. The maximum Gasteiger partial charge on any atom is 0.133 e. The zero-order chi connectivity index (χ0) is 12.4. The fourth-order valence-corrected chi connectivity index (χ4v) is 2.78. The molecule has 2 atom stereocenters. The molecule has 1 aliphatic heterocycles. The lowest BCUT2D eigenvalue weighted by atomic mass is 10.2. The van der Waals surface area contributed by atoms with Crippen LogP contribution in [0.2, 0.25) is 0 Å². The zero-order valence-corrected chi connectivity index (χ0v) is 12.3. The van der Waals surface area contributed by atoms with Gasteiger partial charge in [0.05, 0.1) is 18.1 Å². The number of rotatable bonds is 2. The zero-order valence-electron chi connectivity index (χ0n) is 9.99. The minimum atomic E-state index is 0.229. The van der Waals surface area contributed by atoms with Crippen molar-refractivity contribution < 1.29 is 4.74 Å². The van der Waals surface area contributed by atoms with Crippen molar-refractivity contribution in [3.8, 4) is 0 Å². The van der Waals surface area contributed by atoms with Crippen molar-refractivity contribution in [3.63, 3.8) is 0 Å². The first-order valence-corrected chi connectivity index (χ1v) is 7.03. The van der Waals surface area contributed by atoms with E-state index in [0.29, 0.717) is 5.88 Å². The van der Waals surface area contributed by atoms with Crippen molar-refractivity contribution in [2.45, 2.75) is 31.9 Å². The Kier molecular flexibility index (Phi) is 4.28. The normalized spacial score (nSPS) is 25.1. The Bertz CT molecular complexity index is 392. The molecule has 0 bridgehead atoms. The van der Waals surface area contributed by atoms with Crippen LogP contribution in [0.1, 0.15) is 19.4 Å². The van der Waals surface area contributed by atoms with Crippen molar-refractivity contribution in [1.29, 1.82) is 0 Å².